The number of hydrogen-bond acceptors (Lipinski definition) is 5. The molecular formula is C14H13ClN2O3S. The molecule has 1 aromatic carbocycles. The number of carbonyl (C=O) groups excluding carboxylic acids is 1. The van der Waals surface area contributed by atoms with Gasteiger partial charge in [0.05, 0.1) is 18.0 Å². The van der Waals surface area contributed by atoms with Gasteiger partial charge in [0.15, 0.2) is 5.16 Å². The number of ether oxygens (including phenoxy) is 1. The number of nitrogens with zero attached hydrogens (tertiary/aromatic N) is 2. The maximum absolute atomic E-state index is 12.5. The standard InChI is InChI=1S/C14H13ClN2O3S/c1-9(15)8-21-14-16-11-6-4-3-5-10(11)13(19)17(14)7-12(18)20-2/h3-6H,1,7-8H2,2H3. The summed E-state index contributed by atoms with van der Waals surface area (Å²) in [7, 11) is 1.27. The normalized spacial score (nSPS) is 10.6. The fourth-order valence-electron chi connectivity index (χ4n) is 1.73. The highest BCUT2D eigenvalue weighted by Crippen LogP contribution is 2.20. The molecule has 0 aliphatic rings. The Morgan fingerprint density at radius 1 is 1.48 bits per heavy atom. The zero-order chi connectivity index (χ0) is 15.4. The van der Waals surface area contributed by atoms with Gasteiger partial charge in [-0.3, -0.25) is 14.2 Å². The molecule has 0 saturated heterocycles. The lowest BCUT2D eigenvalue weighted by Gasteiger charge is -2.11. The molecule has 5 nitrogen and oxygen atoms in total. The van der Waals surface area contributed by atoms with Gasteiger partial charge in [-0.05, 0) is 12.1 Å². The van der Waals surface area contributed by atoms with Gasteiger partial charge in [-0.25, -0.2) is 4.98 Å². The molecule has 2 rings (SSSR count). The van der Waals surface area contributed by atoms with E-state index in [0.29, 0.717) is 26.8 Å². The van der Waals surface area contributed by atoms with Crippen LogP contribution >= 0.6 is 23.4 Å². The monoisotopic (exact) mass is 324 g/mol. The number of hydrogen-bond donors (Lipinski definition) is 0. The van der Waals surface area contributed by atoms with Crippen molar-refractivity contribution < 1.29 is 9.53 Å². The van der Waals surface area contributed by atoms with Crippen LogP contribution in [0, 0.1) is 0 Å². The van der Waals surface area contributed by atoms with Crippen LogP contribution < -0.4 is 5.56 Å². The Hall–Kier alpha value is -1.79. The Kier molecular flexibility index (Phi) is 5.03. The third-order valence-corrected chi connectivity index (χ3v) is 4.05. The molecule has 0 atom stereocenters. The van der Waals surface area contributed by atoms with Gasteiger partial charge in [-0.2, -0.15) is 0 Å². The summed E-state index contributed by atoms with van der Waals surface area (Å²) in [5, 5.41) is 1.30. The second-order valence-corrected chi connectivity index (χ2v) is 5.66. The summed E-state index contributed by atoms with van der Waals surface area (Å²) < 4.78 is 5.91. The number of para-hydroxylation sites is 1. The van der Waals surface area contributed by atoms with E-state index in [0.717, 1.165) is 0 Å². The average Bonchev–Trinajstić information content (AvgIpc) is 2.48. The van der Waals surface area contributed by atoms with Crippen LogP contribution in [0.5, 0.6) is 0 Å². The molecule has 1 aromatic heterocycles. The first-order valence-electron chi connectivity index (χ1n) is 6.05. The third kappa shape index (κ3) is 3.65. The molecule has 0 N–H and O–H groups in total. The lowest BCUT2D eigenvalue weighted by atomic mass is 10.2. The van der Waals surface area contributed by atoms with Crippen LogP contribution in [0.4, 0.5) is 0 Å². The van der Waals surface area contributed by atoms with Crippen molar-refractivity contribution in [3.05, 3.63) is 46.2 Å². The molecule has 0 saturated carbocycles. The van der Waals surface area contributed by atoms with E-state index in [2.05, 4.69) is 16.3 Å². The van der Waals surface area contributed by atoms with Crippen molar-refractivity contribution in [1.29, 1.82) is 0 Å². The molecule has 21 heavy (non-hydrogen) atoms. The van der Waals surface area contributed by atoms with E-state index < -0.39 is 5.97 Å². The summed E-state index contributed by atoms with van der Waals surface area (Å²) in [4.78, 5) is 28.4. The Labute approximate surface area is 130 Å². The van der Waals surface area contributed by atoms with Crippen molar-refractivity contribution in [2.24, 2.45) is 0 Å². The quantitative estimate of drug-likeness (QED) is 0.480. The van der Waals surface area contributed by atoms with Gasteiger partial charge < -0.3 is 4.74 Å². The number of halogens is 1. The molecule has 2 aromatic rings. The minimum Gasteiger partial charge on any atom is -0.468 e. The van der Waals surface area contributed by atoms with Crippen LogP contribution in [0.25, 0.3) is 10.9 Å². The van der Waals surface area contributed by atoms with Crippen molar-refractivity contribution in [3.8, 4) is 0 Å². The smallest absolute Gasteiger partial charge is 0.325 e. The molecule has 1 heterocycles. The summed E-state index contributed by atoms with van der Waals surface area (Å²) in [5.41, 5.74) is 0.292. The van der Waals surface area contributed by atoms with E-state index in [9.17, 15) is 9.59 Å². The molecule has 0 spiro atoms. The van der Waals surface area contributed by atoms with Crippen molar-refractivity contribution in [2.75, 3.05) is 12.9 Å². The molecule has 0 amide bonds. The fourth-order valence-corrected chi connectivity index (χ4v) is 2.65. The summed E-state index contributed by atoms with van der Waals surface area (Å²) in [5.74, 6) is -0.117. The maximum atomic E-state index is 12.5. The first kappa shape index (κ1) is 15.6. The molecule has 0 aliphatic heterocycles. The molecule has 0 bridgehead atoms. The molecule has 0 aliphatic carbocycles. The second kappa shape index (κ2) is 6.78. The number of aromatic nitrogens is 2. The molecule has 0 unspecified atom stereocenters. The summed E-state index contributed by atoms with van der Waals surface area (Å²) in [6.07, 6.45) is 0. The highest BCUT2D eigenvalue weighted by Gasteiger charge is 2.14. The topological polar surface area (TPSA) is 61.2 Å². The van der Waals surface area contributed by atoms with E-state index in [1.54, 1.807) is 24.3 Å². The lowest BCUT2D eigenvalue weighted by molar-refractivity contribution is -0.141. The lowest BCUT2D eigenvalue weighted by Crippen LogP contribution is -2.27. The molecular weight excluding hydrogens is 312 g/mol. The second-order valence-electron chi connectivity index (χ2n) is 4.18. The highest BCUT2D eigenvalue weighted by atomic mass is 35.5. The Balaban J connectivity index is 2.56. The number of thioether (sulfide) groups is 1. The predicted molar refractivity (Wildman–Crippen MR) is 83.7 cm³/mol. The van der Waals surface area contributed by atoms with Crippen molar-refractivity contribution >= 4 is 40.2 Å². The number of benzene rings is 1. The number of fused-ring (bicyclic) bond motifs is 1. The third-order valence-electron chi connectivity index (χ3n) is 2.70. The van der Waals surface area contributed by atoms with E-state index in [1.165, 1.54) is 23.4 Å². The van der Waals surface area contributed by atoms with E-state index in [1.807, 2.05) is 0 Å². The summed E-state index contributed by atoms with van der Waals surface area (Å²) in [6.45, 7) is 3.41. The molecule has 0 fully saturated rings. The summed E-state index contributed by atoms with van der Waals surface area (Å²) in [6, 6.07) is 6.97. The maximum Gasteiger partial charge on any atom is 0.325 e. The molecule has 0 radical (unpaired) electrons. The highest BCUT2D eigenvalue weighted by molar-refractivity contribution is 7.99. The van der Waals surface area contributed by atoms with Crippen molar-refractivity contribution in [1.82, 2.24) is 9.55 Å². The molecule has 110 valence electrons. The van der Waals surface area contributed by atoms with Gasteiger partial charge in [0.25, 0.3) is 5.56 Å². The van der Waals surface area contributed by atoms with Crippen LogP contribution in [0.15, 0.2) is 45.8 Å². The first-order valence-corrected chi connectivity index (χ1v) is 7.41. The van der Waals surface area contributed by atoms with Gasteiger partial charge in [-0.15, -0.1) is 0 Å². The van der Waals surface area contributed by atoms with Crippen LogP contribution in [-0.4, -0.2) is 28.4 Å². The molecule has 7 heteroatoms. The number of rotatable bonds is 5. The van der Waals surface area contributed by atoms with E-state index in [4.69, 9.17) is 11.6 Å². The zero-order valence-corrected chi connectivity index (χ0v) is 12.9. The Morgan fingerprint density at radius 3 is 2.86 bits per heavy atom. The van der Waals surface area contributed by atoms with E-state index >= 15 is 0 Å². The van der Waals surface area contributed by atoms with Gasteiger partial charge in [-0.1, -0.05) is 42.1 Å². The van der Waals surface area contributed by atoms with Crippen molar-refractivity contribution in [2.45, 2.75) is 11.7 Å². The van der Waals surface area contributed by atoms with E-state index in [-0.39, 0.29) is 12.1 Å². The van der Waals surface area contributed by atoms with Gasteiger partial charge in [0, 0.05) is 10.8 Å². The zero-order valence-electron chi connectivity index (χ0n) is 11.3. The van der Waals surface area contributed by atoms with Crippen LogP contribution in [0.2, 0.25) is 0 Å². The largest absolute Gasteiger partial charge is 0.468 e. The van der Waals surface area contributed by atoms with Crippen LogP contribution in [0.1, 0.15) is 0 Å². The van der Waals surface area contributed by atoms with Crippen molar-refractivity contribution in [3.63, 3.8) is 0 Å². The Bertz CT molecular complexity index is 757. The van der Waals surface area contributed by atoms with Gasteiger partial charge >= 0.3 is 5.97 Å². The Morgan fingerprint density at radius 2 is 2.19 bits per heavy atom. The SMILES string of the molecule is C=C(Cl)CSc1nc2ccccc2c(=O)n1CC(=O)OC. The van der Waals surface area contributed by atoms with Crippen LogP contribution in [-0.2, 0) is 16.1 Å². The minimum atomic E-state index is -0.513. The minimum absolute atomic E-state index is 0.190. The summed E-state index contributed by atoms with van der Waals surface area (Å²) >= 11 is 7.00. The number of carbonyl (C=O) groups is 1. The van der Waals surface area contributed by atoms with Crippen LogP contribution in [0.3, 0.4) is 0 Å². The van der Waals surface area contributed by atoms with Gasteiger partial charge in [0.2, 0.25) is 0 Å². The average molecular weight is 325 g/mol. The number of esters is 1. The number of methoxy groups -OCH3 is 1. The first-order chi connectivity index (χ1) is 10.0. The van der Waals surface area contributed by atoms with Gasteiger partial charge in [0.1, 0.15) is 6.54 Å². The fraction of sp³-hybridized carbons (Fsp3) is 0.214. The predicted octanol–water partition coefficient (Wildman–Crippen LogP) is 2.41.